The van der Waals surface area contributed by atoms with Crippen LogP contribution in [0.1, 0.15) is 40.2 Å². The molecule has 2 saturated heterocycles. The van der Waals surface area contributed by atoms with Crippen molar-refractivity contribution in [2.24, 2.45) is 17.8 Å². The van der Waals surface area contributed by atoms with E-state index >= 15 is 0 Å². The van der Waals surface area contributed by atoms with Gasteiger partial charge in [-0.2, -0.15) is 0 Å². The summed E-state index contributed by atoms with van der Waals surface area (Å²) >= 11 is 21.4. The van der Waals surface area contributed by atoms with Crippen LogP contribution in [0.3, 0.4) is 0 Å². The SMILES string of the molecule is O=C(c1ccccc1)c1ccc(N2C(=O)[C@H]3[C@H](CC=C4[C@H]3C[C@@]3(Cl)C(=O)N(c5ccc(F)cc5)C(=O)[C@@]3(Cl)[C@H]4c3ccc(O)cc3Cl)C2=O)cc1. The molecule has 8 nitrogen and oxygen atoms in total. The van der Waals surface area contributed by atoms with E-state index in [0.717, 1.165) is 21.9 Å². The molecular weight excluding hydrogens is 718 g/mol. The molecule has 51 heavy (non-hydrogen) atoms. The molecule has 4 aromatic carbocycles. The normalized spacial score (nSPS) is 28.4. The summed E-state index contributed by atoms with van der Waals surface area (Å²) in [5.74, 6) is -7.40. The van der Waals surface area contributed by atoms with Crippen LogP contribution in [0.2, 0.25) is 5.02 Å². The van der Waals surface area contributed by atoms with E-state index in [1.165, 1.54) is 30.3 Å². The largest absolute Gasteiger partial charge is 0.508 e. The number of rotatable bonds is 5. The number of anilines is 2. The van der Waals surface area contributed by atoms with E-state index in [2.05, 4.69) is 0 Å². The van der Waals surface area contributed by atoms with Crippen LogP contribution in [0.15, 0.2) is 109 Å². The Kier molecular flexibility index (Phi) is 7.75. The maximum atomic E-state index is 14.5. The fourth-order valence-corrected chi connectivity index (χ4v) is 9.48. The quantitative estimate of drug-likeness (QED) is 0.100. The molecule has 1 saturated carbocycles. The van der Waals surface area contributed by atoms with Crippen molar-refractivity contribution < 1.29 is 33.5 Å². The Morgan fingerprint density at radius 1 is 0.765 bits per heavy atom. The van der Waals surface area contributed by atoms with Crippen molar-refractivity contribution in [1.29, 1.82) is 0 Å². The maximum absolute atomic E-state index is 14.5. The molecule has 4 amide bonds. The molecule has 6 atom stereocenters. The molecule has 1 N–H and O–H groups in total. The zero-order valence-corrected chi connectivity index (χ0v) is 28.7. The van der Waals surface area contributed by atoms with Crippen LogP contribution < -0.4 is 9.80 Å². The second kappa shape index (κ2) is 11.9. The Bertz CT molecular complexity index is 2210. The average Bonchev–Trinajstić information content (AvgIpc) is 3.47. The Labute approximate surface area is 306 Å². The number of phenolic OH excluding ortho intramolecular Hbond substituents is 1. The lowest BCUT2D eigenvalue weighted by Gasteiger charge is -2.50. The van der Waals surface area contributed by atoms with Crippen LogP contribution in [0.25, 0.3) is 0 Å². The van der Waals surface area contributed by atoms with Gasteiger partial charge in [0.2, 0.25) is 11.8 Å². The number of phenols is 1. The van der Waals surface area contributed by atoms with Crippen LogP contribution in [-0.2, 0) is 19.2 Å². The standard InChI is InChI=1S/C39H26Cl3FN2O6/c40-30-18-25(46)14-15-27(30)32-26-16-17-28-31(29(26)19-38(41)36(50)45(37(51)39(32,38)42)24-12-8-22(43)9-13-24)35(49)44(34(28)48)23-10-6-21(7-11-23)33(47)20-4-2-1-3-5-20/h1-16,18,28-29,31-32,46H,17,19H2/t28-,29+,31-,32+,38+,39-/m0/s1. The second-order valence-corrected chi connectivity index (χ2v) is 14.9. The van der Waals surface area contributed by atoms with Crippen molar-refractivity contribution in [3.05, 3.63) is 136 Å². The van der Waals surface area contributed by atoms with Gasteiger partial charge in [-0.05, 0) is 85.0 Å². The smallest absolute Gasteiger partial charge is 0.258 e. The molecule has 2 aliphatic carbocycles. The summed E-state index contributed by atoms with van der Waals surface area (Å²) < 4.78 is 13.9. The lowest BCUT2D eigenvalue weighted by atomic mass is 9.56. The van der Waals surface area contributed by atoms with E-state index < -0.39 is 62.9 Å². The number of hydrogen-bond acceptors (Lipinski definition) is 6. The van der Waals surface area contributed by atoms with E-state index in [-0.39, 0.29) is 40.8 Å². The Hall–Kier alpha value is -4.83. The number of allylic oxidation sites excluding steroid dienone is 2. The molecule has 4 aromatic rings. The molecule has 2 heterocycles. The monoisotopic (exact) mass is 742 g/mol. The number of amides is 4. The molecule has 0 spiro atoms. The third-order valence-electron chi connectivity index (χ3n) is 10.6. The molecule has 8 rings (SSSR count). The number of imide groups is 2. The first-order valence-electron chi connectivity index (χ1n) is 16.1. The minimum Gasteiger partial charge on any atom is -0.508 e. The van der Waals surface area contributed by atoms with Gasteiger partial charge in [0.25, 0.3) is 11.8 Å². The van der Waals surface area contributed by atoms with Gasteiger partial charge in [-0.25, -0.2) is 9.29 Å². The first-order chi connectivity index (χ1) is 24.4. The van der Waals surface area contributed by atoms with Crippen molar-refractivity contribution in [3.8, 4) is 5.75 Å². The molecule has 12 heteroatoms. The fourth-order valence-electron chi connectivity index (χ4n) is 8.27. The van der Waals surface area contributed by atoms with E-state index in [1.807, 2.05) is 0 Å². The third kappa shape index (κ3) is 4.75. The van der Waals surface area contributed by atoms with Gasteiger partial charge in [0, 0.05) is 22.1 Å². The average molecular weight is 744 g/mol. The van der Waals surface area contributed by atoms with E-state index in [4.69, 9.17) is 34.8 Å². The van der Waals surface area contributed by atoms with Crippen LogP contribution in [0.4, 0.5) is 15.8 Å². The Morgan fingerprint density at radius 2 is 1.39 bits per heavy atom. The van der Waals surface area contributed by atoms with Gasteiger partial charge in [0.1, 0.15) is 11.6 Å². The zero-order valence-electron chi connectivity index (χ0n) is 26.4. The Morgan fingerprint density at radius 3 is 2.06 bits per heavy atom. The lowest BCUT2D eigenvalue weighted by molar-refractivity contribution is -0.125. The molecule has 3 fully saturated rings. The number of carbonyl (C=O) groups is 5. The Balaban J connectivity index is 1.21. The number of ketones is 1. The van der Waals surface area contributed by atoms with Crippen molar-refractivity contribution >= 4 is 75.6 Å². The highest BCUT2D eigenvalue weighted by Gasteiger charge is 2.76. The van der Waals surface area contributed by atoms with Gasteiger partial charge in [0.15, 0.2) is 15.5 Å². The number of carbonyl (C=O) groups excluding carboxylic acids is 5. The van der Waals surface area contributed by atoms with E-state index in [9.17, 15) is 33.5 Å². The predicted octanol–water partition coefficient (Wildman–Crippen LogP) is 7.18. The second-order valence-electron chi connectivity index (χ2n) is 13.2. The lowest BCUT2D eigenvalue weighted by Crippen LogP contribution is -2.60. The van der Waals surface area contributed by atoms with Gasteiger partial charge in [-0.15, -0.1) is 23.2 Å². The summed E-state index contributed by atoms with van der Waals surface area (Å²) in [6, 6.07) is 23.8. The number of nitrogens with zero attached hydrogens (tertiary/aromatic N) is 2. The summed E-state index contributed by atoms with van der Waals surface area (Å²) in [5.41, 5.74) is 2.01. The number of aromatic hydroxyl groups is 1. The first-order valence-corrected chi connectivity index (χ1v) is 17.3. The molecule has 0 unspecified atom stereocenters. The minimum atomic E-state index is -2.16. The van der Waals surface area contributed by atoms with E-state index in [0.29, 0.717) is 22.3 Å². The number of benzene rings is 4. The molecule has 2 aliphatic heterocycles. The summed E-state index contributed by atoms with van der Waals surface area (Å²) in [6.45, 7) is 0. The van der Waals surface area contributed by atoms with Crippen LogP contribution in [0, 0.1) is 23.6 Å². The zero-order chi connectivity index (χ0) is 36.0. The van der Waals surface area contributed by atoms with E-state index in [1.54, 1.807) is 60.7 Å². The summed E-state index contributed by atoms with van der Waals surface area (Å²) in [4.78, 5) is 67.9. The highest BCUT2D eigenvalue weighted by atomic mass is 35.5. The van der Waals surface area contributed by atoms with Crippen LogP contribution in [-0.4, -0.2) is 44.3 Å². The molecule has 4 aliphatic rings. The van der Waals surface area contributed by atoms with Crippen molar-refractivity contribution in [2.45, 2.75) is 28.5 Å². The molecule has 0 aromatic heterocycles. The summed E-state index contributed by atoms with van der Waals surface area (Å²) in [5, 5.41) is 10.2. The topological polar surface area (TPSA) is 112 Å². The maximum Gasteiger partial charge on any atom is 0.258 e. The number of halogens is 4. The van der Waals surface area contributed by atoms with Gasteiger partial charge >= 0.3 is 0 Å². The number of alkyl halides is 2. The van der Waals surface area contributed by atoms with Crippen LogP contribution >= 0.6 is 34.8 Å². The van der Waals surface area contributed by atoms with Crippen molar-refractivity contribution in [2.75, 3.05) is 9.80 Å². The van der Waals surface area contributed by atoms with Gasteiger partial charge in [-0.3, -0.25) is 28.9 Å². The van der Waals surface area contributed by atoms with Crippen molar-refractivity contribution in [1.82, 2.24) is 0 Å². The highest BCUT2D eigenvalue weighted by Crippen LogP contribution is 2.66. The number of hydrogen-bond donors (Lipinski definition) is 1. The predicted molar refractivity (Wildman–Crippen MR) is 189 cm³/mol. The van der Waals surface area contributed by atoms with Gasteiger partial charge < -0.3 is 5.11 Å². The molecule has 0 bridgehead atoms. The summed E-state index contributed by atoms with van der Waals surface area (Å²) in [6.07, 6.45) is 1.63. The first kappa shape index (κ1) is 33.3. The van der Waals surface area contributed by atoms with Gasteiger partial charge in [0.05, 0.1) is 23.2 Å². The highest BCUT2D eigenvalue weighted by molar-refractivity contribution is 6.58. The number of fused-ring (bicyclic) bond motifs is 4. The fraction of sp³-hybridized carbons (Fsp3) is 0.205. The summed E-state index contributed by atoms with van der Waals surface area (Å²) in [7, 11) is 0. The van der Waals surface area contributed by atoms with Gasteiger partial charge in [-0.1, -0.05) is 59.6 Å². The molecular formula is C39H26Cl3FN2O6. The minimum absolute atomic E-state index is 0.0452. The molecule has 0 radical (unpaired) electrons. The van der Waals surface area contributed by atoms with Crippen molar-refractivity contribution in [3.63, 3.8) is 0 Å². The van der Waals surface area contributed by atoms with Crippen LogP contribution in [0.5, 0.6) is 5.75 Å². The third-order valence-corrected chi connectivity index (χ3v) is 12.4. The molecule has 256 valence electrons.